The summed E-state index contributed by atoms with van der Waals surface area (Å²) in [6.45, 7) is 7.50. The first-order chi connectivity index (χ1) is 7.47. The lowest BCUT2D eigenvalue weighted by atomic mass is 10.2. The van der Waals surface area contributed by atoms with Gasteiger partial charge in [-0.1, -0.05) is 26.8 Å². The summed E-state index contributed by atoms with van der Waals surface area (Å²) >= 11 is 0. The van der Waals surface area contributed by atoms with Crippen molar-refractivity contribution in [1.82, 2.24) is 0 Å². The zero-order valence-corrected chi connectivity index (χ0v) is 10.4. The highest BCUT2D eigenvalue weighted by Gasteiger charge is 2.12. The Morgan fingerprint density at radius 1 is 1.25 bits per heavy atom. The number of hydrogen-bond acceptors (Lipinski definition) is 4. The third-order valence-electron chi connectivity index (χ3n) is 1.69. The van der Waals surface area contributed by atoms with Crippen LogP contribution in [0.25, 0.3) is 0 Å². The maximum atomic E-state index is 11.6. The van der Waals surface area contributed by atoms with Crippen molar-refractivity contribution < 1.29 is 19.1 Å². The normalized spacial score (nSPS) is 11.4. The van der Waals surface area contributed by atoms with E-state index in [2.05, 4.69) is 0 Å². The van der Waals surface area contributed by atoms with Crippen LogP contribution in [0.3, 0.4) is 0 Å². The van der Waals surface area contributed by atoms with Crippen molar-refractivity contribution >= 4 is 11.9 Å². The Morgan fingerprint density at radius 3 is 2.31 bits per heavy atom. The molecule has 0 atom stereocenters. The van der Waals surface area contributed by atoms with Crippen LogP contribution in [0, 0.1) is 5.92 Å². The van der Waals surface area contributed by atoms with Crippen LogP contribution in [-0.4, -0.2) is 25.2 Å². The predicted octanol–water partition coefficient (Wildman–Crippen LogP) is 2.09. The van der Waals surface area contributed by atoms with Crippen LogP contribution < -0.4 is 0 Å². The minimum atomic E-state index is -0.406. The molecule has 4 heteroatoms. The van der Waals surface area contributed by atoms with Gasteiger partial charge in [0.05, 0.1) is 12.2 Å². The van der Waals surface area contributed by atoms with E-state index in [-0.39, 0.29) is 6.61 Å². The minimum Gasteiger partial charge on any atom is -0.462 e. The zero-order valence-electron chi connectivity index (χ0n) is 10.4. The van der Waals surface area contributed by atoms with Crippen LogP contribution in [0.15, 0.2) is 11.6 Å². The van der Waals surface area contributed by atoms with Crippen molar-refractivity contribution in [3.05, 3.63) is 11.6 Å². The molecule has 0 radical (unpaired) electrons. The first-order valence-corrected chi connectivity index (χ1v) is 5.46. The number of carbonyl (C=O) groups is 2. The van der Waals surface area contributed by atoms with Crippen molar-refractivity contribution in [2.45, 2.75) is 34.1 Å². The largest absolute Gasteiger partial charge is 0.462 e. The Kier molecular flexibility index (Phi) is 7.25. The highest BCUT2D eigenvalue weighted by Crippen LogP contribution is 2.04. The average molecular weight is 228 g/mol. The molecule has 0 aromatic rings. The molecule has 0 aliphatic rings. The maximum absolute atomic E-state index is 11.6. The Hall–Kier alpha value is -1.32. The van der Waals surface area contributed by atoms with Crippen LogP contribution in [0.1, 0.15) is 34.1 Å². The SMILES string of the molecule is CCC=C(COC(C)=O)C(=O)OCC(C)C. The number of rotatable bonds is 6. The molecule has 92 valence electrons. The highest BCUT2D eigenvalue weighted by atomic mass is 16.5. The van der Waals surface area contributed by atoms with Crippen LogP contribution in [0.4, 0.5) is 0 Å². The molecule has 0 bridgehead atoms. The van der Waals surface area contributed by atoms with E-state index >= 15 is 0 Å². The number of ether oxygens (including phenoxy) is 2. The molecule has 0 spiro atoms. The van der Waals surface area contributed by atoms with E-state index < -0.39 is 11.9 Å². The van der Waals surface area contributed by atoms with E-state index in [0.29, 0.717) is 24.5 Å². The number of carbonyl (C=O) groups excluding carboxylic acids is 2. The lowest BCUT2D eigenvalue weighted by Crippen LogP contribution is -2.16. The van der Waals surface area contributed by atoms with Gasteiger partial charge >= 0.3 is 11.9 Å². The molecule has 0 aromatic carbocycles. The lowest BCUT2D eigenvalue weighted by molar-refractivity contribution is -0.143. The molecule has 0 saturated heterocycles. The Bertz CT molecular complexity index is 266. The van der Waals surface area contributed by atoms with E-state index in [9.17, 15) is 9.59 Å². The van der Waals surface area contributed by atoms with Gasteiger partial charge in [-0.3, -0.25) is 4.79 Å². The molecule has 4 nitrogen and oxygen atoms in total. The third kappa shape index (κ3) is 7.04. The molecular formula is C12H20O4. The molecule has 0 aliphatic heterocycles. The molecule has 0 saturated carbocycles. The van der Waals surface area contributed by atoms with Crippen LogP contribution >= 0.6 is 0 Å². The number of allylic oxidation sites excluding steroid dienone is 1. The summed E-state index contributed by atoms with van der Waals surface area (Å²) in [5, 5.41) is 0. The second kappa shape index (κ2) is 7.91. The standard InChI is InChI=1S/C12H20O4/c1-5-6-11(8-15-10(4)13)12(14)16-7-9(2)3/h6,9H,5,7-8H2,1-4H3. The molecule has 0 N–H and O–H groups in total. The van der Waals surface area contributed by atoms with Crippen LogP contribution in [0.2, 0.25) is 0 Å². The van der Waals surface area contributed by atoms with Crippen molar-refractivity contribution in [1.29, 1.82) is 0 Å². The van der Waals surface area contributed by atoms with Crippen molar-refractivity contribution in [2.75, 3.05) is 13.2 Å². The minimum absolute atomic E-state index is 0.0138. The van der Waals surface area contributed by atoms with Gasteiger partial charge in [0.15, 0.2) is 0 Å². The fraction of sp³-hybridized carbons (Fsp3) is 0.667. The molecule has 0 rings (SSSR count). The highest BCUT2D eigenvalue weighted by molar-refractivity contribution is 5.89. The van der Waals surface area contributed by atoms with Gasteiger partial charge in [-0.05, 0) is 12.3 Å². The second-order valence-electron chi connectivity index (χ2n) is 3.91. The van der Waals surface area contributed by atoms with E-state index in [1.165, 1.54) is 6.92 Å². The smallest absolute Gasteiger partial charge is 0.337 e. The van der Waals surface area contributed by atoms with Gasteiger partial charge in [-0.25, -0.2) is 4.79 Å². The van der Waals surface area contributed by atoms with Gasteiger partial charge in [0.1, 0.15) is 6.61 Å². The number of esters is 2. The van der Waals surface area contributed by atoms with Gasteiger partial charge in [-0.15, -0.1) is 0 Å². The summed E-state index contributed by atoms with van der Waals surface area (Å²) in [6.07, 6.45) is 2.42. The monoisotopic (exact) mass is 228 g/mol. The predicted molar refractivity (Wildman–Crippen MR) is 60.8 cm³/mol. The molecule has 0 fully saturated rings. The van der Waals surface area contributed by atoms with Crippen molar-refractivity contribution in [3.63, 3.8) is 0 Å². The fourth-order valence-electron chi connectivity index (χ4n) is 0.962. The summed E-state index contributed by atoms with van der Waals surface area (Å²) in [5.41, 5.74) is 0.401. The van der Waals surface area contributed by atoms with Gasteiger partial charge in [0.2, 0.25) is 0 Å². The third-order valence-corrected chi connectivity index (χ3v) is 1.69. The zero-order chi connectivity index (χ0) is 12.6. The average Bonchev–Trinajstić information content (AvgIpc) is 2.20. The Balaban J connectivity index is 4.25. The molecule has 0 unspecified atom stereocenters. The van der Waals surface area contributed by atoms with Gasteiger partial charge < -0.3 is 9.47 Å². The maximum Gasteiger partial charge on any atom is 0.337 e. The summed E-state index contributed by atoms with van der Waals surface area (Å²) in [6, 6.07) is 0. The van der Waals surface area contributed by atoms with Gasteiger partial charge in [0.25, 0.3) is 0 Å². The quantitative estimate of drug-likeness (QED) is 0.516. The first-order valence-electron chi connectivity index (χ1n) is 5.46. The van der Waals surface area contributed by atoms with Crippen LogP contribution in [0.5, 0.6) is 0 Å². The van der Waals surface area contributed by atoms with E-state index in [0.717, 1.165) is 0 Å². The fourth-order valence-corrected chi connectivity index (χ4v) is 0.962. The molecule has 0 amide bonds. The van der Waals surface area contributed by atoms with Crippen LogP contribution in [-0.2, 0) is 19.1 Å². The molecule has 0 heterocycles. The number of hydrogen-bond donors (Lipinski definition) is 0. The topological polar surface area (TPSA) is 52.6 Å². The van der Waals surface area contributed by atoms with Gasteiger partial charge in [0, 0.05) is 6.92 Å². The molecular weight excluding hydrogens is 208 g/mol. The summed E-state index contributed by atoms with van der Waals surface area (Å²) < 4.78 is 9.83. The molecule has 0 aromatic heterocycles. The molecule has 16 heavy (non-hydrogen) atoms. The first kappa shape index (κ1) is 14.7. The molecule has 0 aliphatic carbocycles. The van der Waals surface area contributed by atoms with E-state index in [4.69, 9.17) is 9.47 Å². The van der Waals surface area contributed by atoms with E-state index in [1.807, 2.05) is 20.8 Å². The lowest BCUT2D eigenvalue weighted by Gasteiger charge is -2.10. The summed E-state index contributed by atoms with van der Waals surface area (Å²) in [5.74, 6) is -0.518. The van der Waals surface area contributed by atoms with Crippen molar-refractivity contribution in [3.8, 4) is 0 Å². The summed E-state index contributed by atoms with van der Waals surface area (Å²) in [7, 11) is 0. The van der Waals surface area contributed by atoms with E-state index in [1.54, 1.807) is 6.08 Å². The second-order valence-corrected chi connectivity index (χ2v) is 3.91. The Morgan fingerprint density at radius 2 is 1.88 bits per heavy atom. The van der Waals surface area contributed by atoms with Crippen molar-refractivity contribution in [2.24, 2.45) is 5.92 Å². The summed E-state index contributed by atoms with van der Waals surface area (Å²) in [4.78, 5) is 22.2. The Labute approximate surface area is 96.6 Å². The van der Waals surface area contributed by atoms with Gasteiger partial charge in [-0.2, -0.15) is 0 Å².